The van der Waals surface area contributed by atoms with Gasteiger partial charge in [-0.25, -0.2) is 0 Å². The van der Waals surface area contributed by atoms with E-state index in [2.05, 4.69) is 44.8 Å². The van der Waals surface area contributed by atoms with Gasteiger partial charge in [-0.2, -0.15) is 0 Å². The SMILES string of the molecule is CCNC(=NCCC(C)(C)C)N1CC(C)C(C(=O)OC)C1.I. The first-order chi connectivity index (χ1) is 9.78. The molecule has 0 spiro atoms. The van der Waals surface area contributed by atoms with Gasteiger partial charge >= 0.3 is 5.97 Å². The van der Waals surface area contributed by atoms with E-state index in [0.717, 1.165) is 32.0 Å². The van der Waals surface area contributed by atoms with Crippen molar-refractivity contribution in [2.45, 2.75) is 41.0 Å². The lowest BCUT2D eigenvalue weighted by Gasteiger charge is -2.22. The van der Waals surface area contributed by atoms with Crippen LogP contribution in [0.3, 0.4) is 0 Å². The number of halogens is 1. The summed E-state index contributed by atoms with van der Waals surface area (Å²) in [6, 6.07) is 0. The van der Waals surface area contributed by atoms with E-state index in [0.29, 0.717) is 12.5 Å². The molecule has 22 heavy (non-hydrogen) atoms. The smallest absolute Gasteiger partial charge is 0.310 e. The zero-order chi connectivity index (χ0) is 16.0. The molecule has 6 heteroatoms. The van der Waals surface area contributed by atoms with Crippen molar-refractivity contribution < 1.29 is 9.53 Å². The fourth-order valence-corrected chi connectivity index (χ4v) is 2.52. The fourth-order valence-electron chi connectivity index (χ4n) is 2.52. The van der Waals surface area contributed by atoms with Gasteiger partial charge in [-0.1, -0.05) is 27.7 Å². The van der Waals surface area contributed by atoms with Crippen molar-refractivity contribution in [1.29, 1.82) is 0 Å². The lowest BCUT2D eigenvalue weighted by molar-refractivity contribution is -0.145. The molecule has 5 nitrogen and oxygen atoms in total. The van der Waals surface area contributed by atoms with Crippen LogP contribution in [0.1, 0.15) is 41.0 Å². The Bertz CT molecular complexity index is 380. The van der Waals surface area contributed by atoms with Crippen LogP contribution in [-0.2, 0) is 9.53 Å². The van der Waals surface area contributed by atoms with E-state index in [9.17, 15) is 4.79 Å². The molecule has 1 aliphatic heterocycles. The number of hydrogen-bond donors (Lipinski definition) is 1. The van der Waals surface area contributed by atoms with E-state index in [4.69, 9.17) is 9.73 Å². The van der Waals surface area contributed by atoms with Crippen molar-refractivity contribution in [2.75, 3.05) is 33.3 Å². The molecule has 0 aromatic rings. The second-order valence-corrected chi connectivity index (χ2v) is 7.06. The van der Waals surface area contributed by atoms with Gasteiger partial charge in [-0.05, 0) is 24.7 Å². The number of nitrogens with zero attached hydrogens (tertiary/aromatic N) is 2. The molecule has 1 saturated heterocycles. The number of carbonyl (C=O) groups is 1. The van der Waals surface area contributed by atoms with Gasteiger partial charge in [0.15, 0.2) is 5.96 Å². The minimum Gasteiger partial charge on any atom is -0.469 e. The molecule has 0 saturated carbocycles. The Morgan fingerprint density at radius 3 is 2.50 bits per heavy atom. The van der Waals surface area contributed by atoms with Crippen LogP contribution >= 0.6 is 24.0 Å². The van der Waals surface area contributed by atoms with Gasteiger partial charge in [0.25, 0.3) is 0 Å². The van der Waals surface area contributed by atoms with Gasteiger partial charge in [-0.15, -0.1) is 24.0 Å². The zero-order valence-electron chi connectivity index (χ0n) is 14.8. The van der Waals surface area contributed by atoms with Crippen LogP contribution in [-0.4, -0.2) is 50.1 Å². The van der Waals surface area contributed by atoms with Crippen molar-refractivity contribution in [2.24, 2.45) is 22.2 Å². The first-order valence-corrected chi connectivity index (χ1v) is 7.89. The molecule has 0 radical (unpaired) electrons. The first-order valence-electron chi connectivity index (χ1n) is 7.89. The number of aliphatic imine (C=N–C) groups is 1. The molecular weight excluding hydrogens is 393 g/mol. The minimum atomic E-state index is -0.115. The summed E-state index contributed by atoms with van der Waals surface area (Å²) in [5.41, 5.74) is 0.285. The number of esters is 1. The van der Waals surface area contributed by atoms with Crippen molar-refractivity contribution >= 4 is 35.9 Å². The summed E-state index contributed by atoms with van der Waals surface area (Å²) >= 11 is 0. The highest BCUT2D eigenvalue weighted by atomic mass is 127. The lowest BCUT2D eigenvalue weighted by atomic mass is 9.92. The molecule has 0 aromatic carbocycles. The molecule has 1 N–H and O–H groups in total. The molecule has 1 rings (SSSR count). The summed E-state index contributed by atoms with van der Waals surface area (Å²) in [7, 11) is 1.46. The predicted octanol–water partition coefficient (Wildman–Crippen LogP) is 2.75. The topological polar surface area (TPSA) is 53.9 Å². The van der Waals surface area contributed by atoms with Gasteiger partial charge in [0.05, 0.1) is 13.0 Å². The summed E-state index contributed by atoms with van der Waals surface area (Å²) < 4.78 is 4.89. The van der Waals surface area contributed by atoms with Crippen LogP contribution in [0.4, 0.5) is 0 Å². The second kappa shape index (κ2) is 9.57. The van der Waals surface area contributed by atoms with Gasteiger partial charge in [0.2, 0.25) is 0 Å². The van der Waals surface area contributed by atoms with Crippen LogP contribution < -0.4 is 5.32 Å². The van der Waals surface area contributed by atoms with E-state index >= 15 is 0 Å². The highest BCUT2D eigenvalue weighted by molar-refractivity contribution is 14.0. The Balaban J connectivity index is 0.00000441. The van der Waals surface area contributed by atoms with E-state index in [1.54, 1.807) is 0 Å². The number of likely N-dealkylation sites (tertiary alicyclic amines) is 1. The first kappa shape index (κ1) is 21.5. The third-order valence-electron chi connectivity index (χ3n) is 3.87. The molecular formula is C16H32IN3O2. The average molecular weight is 425 g/mol. The van der Waals surface area contributed by atoms with Gasteiger partial charge in [0, 0.05) is 26.2 Å². The third kappa shape index (κ3) is 6.71. The summed E-state index contributed by atoms with van der Waals surface area (Å²) in [5.74, 6) is 1.04. The average Bonchev–Trinajstić information content (AvgIpc) is 2.77. The molecule has 1 fully saturated rings. The minimum absolute atomic E-state index is 0. The van der Waals surface area contributed by atoms with E-state index in [-0.39, 0.29) is 41.3 Å². The third-order valence-corrected chi connectivity index (χ3v) is 3.87. The van der Waals surface area contributed by atoms with Crippen LogP contribution in [0.2, 0.25) is 0 Å². The number of guanidine groups is 1. The van der Waals surface area contributed by atoms with Gasteiger partial charge in [-0.3, -0.25) is 9.79 Å². The van der Waals surface area contributed by atoms with E-state index in [1.165, 1.54) is 7.11 Å². The molecule has 130 valence electrons. The van der Waals surface area contributed by atoms with Crippen molar-refractivity contribution in [1.82, 2.24) is 10.2 Å². The summed E-state index contributed by atoms with van der Waals surface area (Å²) in [6.45, 7) is 14.0. The van der Waals surface area contributed by atoms with E-state index in [1.807, 2.05) is 0 Å². The Morgan fingerprint density at radius 2 is 2.00 bits per heavy atom. The Labute approximate surface area is 152 Å². The number of carbonyl (C=O) groups excluding carboxylic acids is 1. The molecule has 1 heterocycles. The molecule has 2 unspecified atom stereocenters. The number of methoxy groups -OCH3 is 1. The van der Waals surface area contributed by atoms with Crippen LogP contribution in [0.5, 0.6) is 0 Å². The fraction of sp³-hybridized carbons (Fsp3) is 0.875. The molecule has 1 aliphatic rings. The molecule has 0 aromatic heterocycles. The lowest BCUT2D eigenvalue weighted by Crippen LogP contribution is -2.40. The highest BCUT2D eigenvalue weighted by Gasteiger charge is 2.36. The summed E-state index contributed by atoms with van der Waals surface area (Å²) in [4.78, 5) is 18.7. The normalized spacial score (nSPS) is 22.3. The molecule has 0 bridgehead atoms. The van der Waals surface area contributed by atoms with E-state index < -0.39 is 0 Å². The number of hydrogen-bond acceptors (Lipinski definition) is 3. The number of nitrogens with one attached hydrogen (secondary N) is 1. The van der Waals surface area contributed by atoms with Crippen LogP contribution in [0.15, 0.2) is 4.99 Å². The molecule has 2 atom stereocenters. The standard InChI is InChI=1S/C16H31N3O2.HI/c1-7-17-15(18-9-8-16(3,4)5)19-10-12(2)13(11-19)14(20)21-6;/h12-13H,7-11H2,1-6H3,(H,17,18);1H. The quantitative estimate of drug-likeness (QED) is 0.326. The Morgan fingerprint density at radius 1 is 1.36 bits per heavy atom. The van der Waals surface area contributed by atoms with Crippen LogP contribution in [0.25, 0.3) is 0 Å². The molecule has 0 amide bonds. The van der Waals surface area contributed by atoms with Gasteiger partial charge < -0.3 is 15.0 Å². The second-order valence-electron chi connectivity index (χ2n) is 7.06. The highest BCUT2D eigenvalue weighted by Crippen LogP contribution is 2.24. The van der Waals surface area contributed by atoms with Crippen molar-refractivity contribution in [3.05, 3.63) is 0 Å². The van der Waals surface area contributed by atoms with Crippen LogP contribution in [0, 0.1) is 17.3 Å². The largest absolute Gasteiger partial charge is 0.469 e. The maximum atomic E-state index is 11.8. The molecule has 0 aliphatic carbocycles. The van der Waals surface area contributed by atoms with Crippen molar-refractivity contribution in [3.63, 3.8) is 0 Å². The maximum absolute atomic E-state index is 11.8. The Hall–Kier alpha value is -0.530. The monoisotopic (exact) mass is 425 g/mol. The van der Waals surface area contributed by atoms with Gasteiger partial charge in [0.1, 0.15) is 0 Å². The summed E-state index contributed by atoms with van der Waals surface area (Å²) in [6.07, 6.45) is 1.05. The van der Waals surface area contributed by atoms with Crippen molar-refractivity contribution in [3.8, 4) is 0 Å². The Kier molecular flexibility index (Phi) is 9.34. The predicted molar refractivity (Wildman–Crippen MR) is 102 cm³/mol. The number of ether oxygens (including phenoxy) is 1. The maximum Gasteiger partial charge on any atom is 0.310 e. The summed E-state index contributed by atoms with van der Waals surface area (Å²) in [5, 5.41) is 3.33. The number of rotatable bonds is 4. The zero-order valence-corrected chi connectivity index (χ0v) is 17.1.